The Balaban J connectivity index is 2.59. The van der Waals surface area contributed by atoms with Gasteiger partial charge in [-0.2, -0.15) is 0 Å². The minimum atomic E-state index is -3.13. The van der Waals surface area contributed by atoms with Crippen molar-refractivity contribution in [3.63, 3.8) is 0 Å². The second-order valence-electron chi connectivity index (χ2n) is 4.25. The Bertz CT molecular complexity index is 488. The van der Waals surface area contributed by atoms with E-state index < -0.39 is 10.0 Å². The van der Waals surface area contributed by atoms with Crippen molar-refractivity contribution in [3.05, 3.63) is 29.8 Å². The molecule has 18 heavy (non-hydrogen) atoms. The molecule has 0 amide bonds. The van der Waals surface area contributed by atoms with Crippen LogP contribution in [0.25, 0.3) is 0 Å². The van der Waals surface area contributed by atoms with Gasteiger partial charge in [0.1, 0.15) is 0 Å². The van der Waals surface area contributed by atoms with Crippen LogP contribution in [-0.4, -0.2) is 38.6 Å². The number of nitrogens with zero attached hydrogens (tertiary/aromatic N) is 2. The SMILES string of the molecule is CCS(=O)(=O)N(C)CCN(N)c1cccc(C)c1. The number of rotatable bonds is 6. The molecule has 0 aliphatic carbocycles. The van der Waals surface area contributed by atoms with E-state index in [2.05, 4.69) is 0 Å². The van der Waals surface area contributed by atoms with Crippen LogP contribution in [0.1, 0.15) is 12.5 Å². The number of likely N-dealkylation sites (N-methyl/N-ethyl adjacent to an activating group) is 1. The average molecular weight is 271 g/mol. The van der Waals surface area contributed by atoms with E-state index in [1.807, 2.05) is 31.2 Å². The monoisotopic (exact) mass is 271 g/mol. The standard InChI is InChI=1S/C12H21N3O2S/c1-4-18(16,17)14(3)8-9-15(13)12-7-5-6-11(2)10-12/h5-7,10H,4,8-9,13H2,1-3H3. The van der Waals surface area contributed by atoms with Gasteiger partial charge in [-0.1, -0.05) is 12.1 Å². The van der Waals surface area contributed by atoms with E-state index in [0.717, 1.165) is 11.3 Å². The predicted octanol–water partition coefficient (Wildman–Crippen LogP) is 0.957. The highest BCUT2D eigenvalue weighted by molar-refractivity contribution is 7.89. The number of aryl methyl sites for hydroxylation is 1. The smallest absolute Gasteiger partial charge is 0.213 e. The fourth-order valence-electron chi connectivity index (χ4n) is 1.54. The molecule has 0 heterocycles. The van der Waals surface area contributed by atoms with Crippen LogP contribution in [0, 0.1) is 6.92 Å². The molecule has 1 aromatic rings. The zero-order chi connectivity index (χ0) is 13.8. The summed E-state index contributed by atoms with van der Waals surface area (Å²) in [7, 11) is -1.56. The number of sulfonamides is 1. The Kier molecular flexibility index (Phi) is 5.13. The van der Waals surface area contributed by atoms with E-state index >= 15 is 0 Å². The number of benzene rings is 1. The maximum Gasteiger partial charge on any atom is 0.213 e. The lowest BCUT2D eigenvalue weighted by atomic mass is 10.2. The van der Waals surface area contributed by atoms with Gasteiger partial charge in [0.15, 0.2) is 0 Å². The van der Waals surface area contributed by atoms with Crippen molar-refractivity contribution in [1.82, 2.24) is 4.31 Å². The molecular formula is C12H21N3O2S. The topological polar surface area (TPSA) is 66.6 Å². The van der Waals surface area contributed by atoms with Crippen molar-refractivity contribution in [1.29, 1.82) is 0 Å². The van der Waals surface area contributed by atoms with Gasteiger partial charge in [-0.05, 0) is 31.5 Å². The molecule has 0 aliphatic heterocycles. The summed E-state index contributed by atoms with van der Waals surface area (Å²) < 4.78 is 24.5. The quantitative estimate of drug-likeness (QED) is 0.618. The molecule has 5 nitrogen and oxygen atoms in total. The Morgan fingerprint density at radius 2 is 1.94 bits per heavy atom. The van der Waals surface area contributed by atoms with Gasteiger partial charge in [0.05, 0.1) is 11.4 Å². The lowest BCUT2D eigenvalue weighted by Gasteiger charge is -2.22. The first kappa shape index (κ1) is 14.9. The summed E-state index contributed by atoms with van der Waals surface area (Å²) in [6, 6.07) is 7.79. The van der Waals surface area contributed by atoms with Gasteiger partial charge in [0, 0.05) is 20.1 Å². The van der Waals surface area contributed by atoms with Crippen LogP contribution in [0.2, 0.25) is 0 Å². The molecule has 0 aliphatic rings. The Hall–Kier alpha value is -1.11. The molecule has 1 aromatic carbocycles. The molecule has 0 aromatic heterocycles. The number of hydrogen-bond donors (Lipinski definition) is 1. The highest BCUT2D eigenvalue weighted by Gasteiger charge is 2.15. The van der Waals surface area contributed by atoms with E-state index in [-0.39, 0.29) is 5.75 Å². The number of hydrogen-bond acceptors (Lipinski definition) is 4. The largest absolute Gasteiger partial charge is 0.310 e. The first-order valence-corrected chi connectivity index (χ1v) is 7.50. The minimum Gasteiger partial charge on any atom is -0.310 e. The van der Waals surface area contributed by atoms with Crippen LogP contribution in [0.5, 0.6) is 0 Å². The summed E-state index contributed by atoms with van der Waals surface area (Å²) in [6.07, 6.45) is 0. The predicted molar refractivity (Wildman–Crippen MR) is 74.8 cm³/mol. The maximum absolute atomic E-state index is 11.6. The van der Waals surface area contributed by atoms with Crippen LogP contribution in [0.4, 0.5) is 5.69 Å². The van der Waals surface area contributed by atoms with Crippen molar-refractivity contribution in [2.45, 2.75) is 13.8 Å². The van der Waals surface area contributed by atoms with Crippen LogP contribution < -0.4 is 10.9 Å². The highest BCUT2D eigenvalue weighted by atomic mass is 32.2. The van der Waals surface area contributed by atoms with E-state index in [1.54, 1.807) is 19.0 Å². The number of anilines is 1. The van der Waals surface area contributed by atoms with Gasteiger partial charge in [0.2, 0.25) is 10.0 Å². The molecule has 0 unspecified atom stereocenters. The van der Waals surface area contributed by atoms with Crippen molar-refractivity contribution in [2.75, 3.05) is 30.9 Å². The van der Waals surface area contributed by atoms with Crippen molar-refractivity contribution < 1.29 is 8.42 Å². The molecule has 0 bridgehead atoms. The molecule has 6 heteroatoms. The van der Waals surface area contributed by atoms with Crippen molar-refractivity contribution in [3.8, 4) is 0 Å². The molecule has 1 rings (SSSR count). The normalized spacial score (nSPS) is 11.8. The van der Waals surface area contributed by atoms with E-state index in [1.165, 1.54) is 4.31 Å². The van der Waals surface area contributed by atoms with Gasteiger partial charge in [-0.3, -0.25) is 0 Å². The third-order valence-electron chi connectivity index (χ3n) is 2.83. The summed E-state index contributed by atoms with van der Waals surface area (Å²) in [5.41, 5.74) is 2.01. The minimum absolute atomic E-state index is 0.110. The lowest BCUT2D eigenvalue weighted by molar-refractivity contribution is 0.472. The average Bonchev–Trinajstić information content (AvgIpc) is 2.35. The molecule has 2 N–H and O–H groups in total. The summed E-state index contributed by atoms with van der Waals surface area (Å²) in [5.74, 6) is 6.02. The fraction of sp³-hybridized carbons (Fsp3) is 0.500. The fourth-order valence-corrected chi connectivity index (χ4v) is 2.34. The second-order valence-corrected chi connectivity index (χ2v) is 6.62. The van der Waals surface area contributed by atoms with Gasteiger partial charge < -0.3 is 5.01 Å². The number of nitrogens with two attached hydrogens (primary N) is 1. The third-order valence-corrected chi connectivity index (χ3v) is 4.69. The summed E-state index contributed by atoms with van der Waals surface area (Å²) >= 11 is 0. The van der Waals surface area contributed by atoms with Gasteiger partial charge >= 0.3 is 0 Å². The van der Waals surface area contributed by atoms with Crippen LogP contribution in [0.3, 0.4) is 0 Å². The summed E-state index contributed by atoms with van der Waals surface area (Å²) in [6.45, 7) is 4.46. The molecule has 0 fully saturated rings. The van der Waals surface area contributed by atoms with Gasteiger partial charge in [-0.15, -0.1) is 0 Å². The van der Waals surface area contributed by atoms with E-state index in [4.69, 9.17) is 5.84 Å². The highest BCUT2D eigenvalue weighted by Crippen LogP contribution is 2.12. The van der Waals surface area contributed by atoms with E-state index in [0.29, 0.717) is 13.1 Å². The molecule has 102 valence electrons. The third kappa shape index (κ3) is 3.97. The van der Waals surface area contributed by atoms with Crippen molar-refractivity contribution in [2.24, 2.45) is 5.84 Å². The molecule has 0 saturated carbocycles. The Morgan fingerprint density at radius 1 is 1.28 bits per heavy atom. The van der Waals surface area contributed by atoms with Gasteiger partial charge in [0.25, 0.3) is 0 Å². The molecule has 0 radical (unpaired) electrons. The first-order valence-electron chi connectivity index (χ1n) is 5.89. The maximum atomic E-state index is 11.6. The van der Waals surface area contributed by atoms with Crippen molar-refractivity contribution >= 4 is 15.7 Å². The second kappa shape index (κ2) is 6.17. The van der Waals surface area contributed by atoms with E-state index in [9.17, 15) is 8.42 Å². The van der Waals surface area contributed by atoms with Gasteiger partial charge in [-0.25, -0.2) is 18.6 Å². The zero-order valence-corrected chi connectivity index (χ0v) is 11.9. The zero-order valence-electron chi connectivity index (χ0n) is 11.1. The van der Waals surface area contributed by atoms with Crippen LogP contribution in [-0.2, 0) is 10.0 Å². The molecule has 0 spiro atoms. The molecule has 0 atom stereocenters. The summed E-state index contributed by atoms with van der Waals surface area (Å²) in [5, 5.41) is 1.56. The Morgan fingerprint density at radius 3 is 2.50 bits per heavy atom. The summed E-state index contributed by atoms with van der Waals surface area (Å²) in [4.78, 5) is 0. The van der Waals surface area contributed by atoms with Crippen LogP contribution in [0.15, 0.2) is 24.3 Å². The lowest BCUT2D eigenvalue weighted by Crippen LogP contribution is -2.40. The Labute approximate surface area is 109 Å². The van der Waals surface area contributed by atoms with Crippen LogP contribution >= 0.6 is 0 Å². The first-order chi connectivity index (χ1) is 8.36. The molecular weight excluding hydrogens is 250 g/mol. The number of hydrazine groups is 1. The molecule has 0 saturated heterocycles.